The van der Waals surface area contributed by atoms with Gasteiger partial charge in [0.05, 0.1) is 11.7 Å². The van der Waals surface area contributed by atoms with E-state index in [9.17, 15) is 18.3 Å². The third kappa shape index (κ3) is 4.33. The molecule has 0 saturated carbocycles. The summed E-state index contributed by atoms with van der Waals surface area (Å²) in [6, 6.07) is 12.7. The summed E-state index contributed by atoms with van der Waals surface area (Å²) < 4.78 is 37.4. The lowest BCUT2D eigenvalue weighted by Crippen LogP contribution is -2.06. The van der Waals surface area contributed by atoms with Gasteiger partial charge in [-0.3, -0.25) is 0 Å². The van der Waals surface area contributed by atoms with Crippen LogP contribution in [0.15, 0.2) is 48.5 Å². The molecular formula is C17H17F3O. The van der Waals surface area contributed by atoms with Gasteiger partial charge in [0, 0.05) is 0 Å². The molecule has 112 valence electrons. The summed E-state index contributed by atoms with van der Waals surface area (Å²) in [5, 5.41) is 10.1. The molecule has 2 rings (SSSR count). The lowest BCUT2D eigenvalue weighted by molar-refractivity contribution is -0.137. The van der Waals surface area contributed by atoms with E-state index >= 15 is 0 Å². The van der Waals surface area contributed by atoms with Crippen LogP contribution in [0.5, 0.6) is 0 Å². The number of hydrogen-bond donors (Lipinski definition) is 1. The molecule has 0 amide bonds. The van der Waals surface area contributed by atoms with E-state index in [1.807, 2.05) is 31.2 Å². The molecule has 0 saturated heterocycles. The van der Waals surface area contributed by atoms with Crippen LogP contribution >= 0.6 is 0 Å². The molecule has 0 aliphatic carbocycles. The van der Waals surface area contributed by atoms with Crippen molar-refractivity contribution < 1.29 is 18.3 Å². The average Bonchev–Trinajstić information content (AvgIpc) is 2.44. The lowest BCUT2D eigenvalue weighted by atomic mass is 9.99. The molecule has 1 N–H and O–H groups in total. The zero-order chi connectivity index (χ0) is 15.5. The van der Waals surface area contributed by atoms with E-state index in [1.54, 1.807) is 0 Å². The maximum Gasteiger partial charge on any atom is 0.416 e. The van der Waals surface area contributed by atoms with Gasteiger partial charge >= 0.3 is 6.18 Å². The molecule has 1 unspecified atom stereocenters. The molecule has 0 bridgehead atoms. The van der Waals surface area contributed by atoms with E-state index in [1.165, 1.54) is 12.1 Å². The summed E-state index contributed by atoms with van der Waals surface area (Å²) in [5.41, 5.74) is 2.07. The molecule has 0 aliphatic rings. The highest BCUT2D eigenvalue weighted by molar-refractivity contribution is 5.27. The molecule has 0 aliphatic heterocycles. The van der Waals surface area contributed by atoms with Gasteiger partial charge in [-0.15, -0.1) is 0 Å². The molecule has 0 aromatic heterocycles. The van der Waals surface area contributed by atoms with Crippen LogP contribution in [0.25, 0.3) is 0 Å². The smallest absolute Gasteiger partial charge is 0.388 e. The van der Waals surface area contributed by atoms with Crippen LogP contribution in [0.1, 0.15) is 34.8 Å². The van der Waals surface area contributed by atoms with Crippen molar-refractivity contribution in [3.63, 3.8) is 0 Å². The molecule has 1 atom stereocenters. The Bertz CT molecular complexity index is 588. The molecule has 2 aromatic rings. The fourth-order valence-electron chi connectivity index (χ4n) is 2.23. The minimum Gasteiger partial charge on any atom is -0.388 e. The summed E-state index contributed by atoms with van der Waals surface area (Å²) in [7, 11) is 0. The maximum atomic E-state index is 12.5. The molecule has 0 heterocycles. The first-order chi connectivity index (χ1) is 9.86. The Morgan fingerprint density at radius 3 is 2.29 bits per heavy atom. The van der Waals surface area contributed by atoms with E-state index in [0.717, 1.165) is 23.3 Å². The van der Waals surface area contributed by atoms with E-state index in [-0.39, 0.29) is 0 Å². The fraction of sp³-hybridized carbons (Fsp3) is 0.294. The van der Waals surface area contributed by atoms with Crippen molar-refractivity contribution in [1.29, 1.82) is 0 Å². The second-order valence-electron chi connectivity index (χ2n) is 5.16. The highest BCUT2D eigenvalue weighted by atomic mass is 19.4. The Morgan fingerprint density at radius 2 is 1.71 bits per heavy atom. The molecule has 1 nitrogen and oxygen atoms in total. The van der Waals surface area contributed by atoms with Gasteiger partial charge in [-0.05, 0) is 43.0 Å². The van der Waals surface area contributed by atoms with E-state index < -0.39 is 17.8 Å². The molecule has 0 radical (unpaired) electrons. The van der Waals surface area contributed by atoms with Crippen molar-refractivity contribution in [3.8, 4) is 0 Å². The minimum absolute atomic E-state index is 0.481. The Hall–Kier alpha value is -1.81. The van der Waals surface area contributed by atoms with Gasteiger partial charge in [-0.1, -0.05) is 42.0 Å². The summed E-state index contributed by atoms with van der Waals surface area (Å²) >= 11 is 0. The predicted molar refractivity (Wildman–Crippen MR) is 75.9 cm³/mol. The van der Waals surface area contributed by atoms with Crippen LogP contribution in [0.4, 0.5) is 13.2 Å². The van der Waals surface area contributed by atoms with Crippen molar-refractivity contribution in [1.82, 2.24) is 0 Å². The summed E-state index contributed by atoms with van der Waals surface area (Å²) in [6.07, 6.45) is -3.93. The monoisotopic (exact) mass is 294 g/mol. The number of hydrogen-bond acceptors (Lipinski definition) is 1. The number of benzene rings is 2. The fourth-order valence-corrected chi connectivity index (χ4v) is 2.23. The maximum absolute atomic E-state index is 12.5. The first kappa shape index (κ1) is 15.6. The Morgan fingerprint density at radius 1 is 1.05 bits per heavy atom. The molecule has 2 aromatic carbocycles. The normalized spacial score (nSPS) is 13.2. The third-order valence-corrected chi connectivity index (χ3v) is 3.41. The number of halogens is 3. The second-order valence-corrected chi connectivity index (χ2v) is 5.16. The highest BCUT2D eigenvalue weighted by Crippen LogP contribution is 2.30. The molecule has 21 heavy (non-hydrogen) atoms. The molecule has 0 fully saturated rings. The Balaban J connectivity index is 1.99. The average molecular weight is 294 g/mol. The quantitative estimate of drug-likeness (QED) is 0.868. The number of aliphatic hydroxyl groups excluding tert-OH is 1. The van der Waals surface area contributed by atoms with Crippen LogP contribution in [-0.4, -0.2) is 5.11 Å². The summed E-state index contributed by atoms with van der Waals surface area (Å²) in [5.74, 6) is 0. The van der Waals surface area contributed by atoms with E-state index in [4.69, 9.17) is 0 Å². The van der Waals surface area contributed by atoms with Gasteiger partial charge in [0.2, 0.25) is 0 Å². The van der Waals surface area contributed by atoms with Crippen LogP contribution in [0, 0.1) is 6.92 Å². The van der Waals surface area contributed by atoms with Gasteiger partial charge in [-0.2, -0.15) is 13.2 Å². The minimum atomic E-state index is -4.34. The van der Waals surface area contributed by atoms with Crippen molar-refractivity contribution in [3.05, 3.63) is 70.8 Å². The first-order valence-corrected chi connectivity index (χ1v) is 6.77. The lowest BCUT2D eigenvalue weighted by Gasteiger charge is -2.13. The van der Waals surface area contributed by atoms with Crippen LogP contribution in [0.3, 0.4) is 0 Å². The second kappa shape index (κ2) is 6.31. The van der Waals surface area contributed by atoms with Crippen molar-refractivity contribution in [2.45, 2.75) is 32.0 Å². The number of aryl methyl sites for hydroxylation is 2. The largest absolute Gasteiger partial charge is 0.416 e. The number of rotatable bonds is 4. The third-order valence-electron chi connectivity index (χ3n) is 3.41. The summed E-state index contributed by atoms with van der Waals surface area (Å²) in [4.78, 5) is 0. The summed E-state index contributed by atoms with van der Waals surface area (Å²) in [6.45, 7) is 2.00. The Labute approximate surface area is 122 Å². The number of alkyl halides is 3. The van der Waals surface area contributed by atoms with Gasteiger partial charge in [0.25, 0.3) is 0 Å². The van der Waals surface area contributed by atoms with Gasteiger partial charge < -0.3 is 5.11 Å². The zero-order valence-electron chi connectivity index (χ0n) is 11.7. The van der Waals surface area contributed by atoms with Gasteiger partial charge in [-0.25, -0.2) is 0 Å². The molecule has 0 spiro atoms. The topological polar surface area (TPSA) is 20.2 Å². The number of aliphatic hydroxyl groups is 1. The molecule has 4 heteroatoms. The standard InChI is InChI=1S/C17H17F3O/c1-12-3-2-4-13(11-12)5-10-16(21)14-6-8-15(9-7-14)17(18,19)20/h2-4,6-9,11,16,21H,5,10H2,1H3. The molecular weight excluding hydrogens is 277 g/mol. The predicted octanol–water partition coefficient (Wildman–Crippen LogP) is 4.68. The van der Waals surface area contributed by atoms with Crippen molar-refractivity contribution in [2.24, 2.45) is 0 Å². The van der Waals surface area contributed by atoms with Crippen molar-refractivity contribution in [2.75, 3.05) is 0 Å². The zero-order valence-corrected chi connectivity index (χ0v) is 11.7. The highest BCUT2D eigenvalue weighted by Gasteiger charge is 2.30. The van der Waals surface area contributed by atoms with Crippen LogP contribution < -0.4 is 0 Å². The van der Waals surface area contributed by atoms with Crippen LogP contribution in [0.2, 0.25) is 0 Å². The van der Waals surface area contributed by atoms with Crippen LogP contribution in [-0.2, 0) is 12.6 Å². The SMILES string of the molecule is Cc1cccc(CCC(O)c2ccc(C(F)(F)F)cc2)c1. The van der Waals surface area contributed by atoms with Crippen molar-refractivity contribution >= 4 is 0 Å². The van der Waals surface area contributed by atoms with Gasteiger partial charge in [0.15, 0.2) is 0 Å². The van der Waals surface area contributed by atoms with E-state index in [0.29, 0.717) is 18.4 Å². The Kier molecular flexibility index (Phi) is 4.68. The van der Waals surface area contributed by atoms with E-state index in [2.05, 4.69) is 0 Å². The van der Waals surface area contributed by atoms with Gasteiger partial charge in [0.1, 0.15) is 0 Å². The first-order valence-electron chi connectivity index (χ1n) is 6.77.